The van der Waals surface area contributed by atoms with E-state index in [1.165, 1.54) is 6.08 Å². The second-order valence-corrected chi connectivity index (χ2v) is 5.23. The second kappa shape index (κ2) is 8.51. The zero-order valence-corrected chi connectivity index (χ0v) is 13.5. The summed E-state index contributed by atoms with van der Waals surface area (Å²) < 4.78 is 0. The molecule has 2 aromatic rings. The molecule has 0 fully saturated rings. The van der Waals surface area contributed by atoms with Gasteiger partial charge in [-0.25, -0.2) is 4.99 Å². The van der Waals surface area contributed by atoms with Crippen LogP contribution in [0, 0.1) is 20.2 Å². The van der Waals surface area contributed by atoms with Crippen molar-refractivity contribution in [1.82, 2.24) is 0 Å². The molecule has 126 valence electrons. The average Bonchev–Trinajstić information content (AvgIpc) is 2.59. The largest absolute Gasteiger partial charge is 0.294 e. The molecule has 0 saturated heterocycles. The zero-order valence-electron chi connectivity index (χ0n) is 12.8. The average molecular weight is 358 g/mol. The smallest absolute Gasteiger partial charge is 0.258 e. The summed E-state index contributed by atoms with van der Waals surface area (Å²) in [6.45, 7) is 0. The van der Waals surface area contributed by atoms with Crippen LogP contribution in [-0.2, 0) is 0 Å². The Bertz CT molecular complexity index is 859. The van der Waals surface area contributed by atoms with E-state index in [0.717, 1.165) is 12.3 Å². The molecule has 0 aliphatic carbocycles. The van der Waals surface area contributed by atoms with E-state index in [0.29, 0.717) is 16.3 Å². The third kappa shape index (κ3) is 5.67. The Morgan fingerprint density at radius 2 is 1.52 bits per heavy atom. The van der Waals surface area contributed by atoms with Gasteiger partial charge in [-0.3, -0.25) is 20.2 Å². The molecular formula is C17H12ClN3O4. The monoisotopic (exact) mass is 357 g/mol. The van der Waals surface area contributed by atoms with Crippen LogP contribution in [0.5, 0.6) is 0 Å². The maximum atomic E-state index is 11.2. The normalized spacial score (nSPS) is 12.4. The van der Waals surface area contributed by atoms with Gasteiger partial charge in [-0.1, -0.05) is 41.9 Å². The number of nitro groups is 2. The van der Waals surface area contributed by atoms with Gasteiger partial charge in [0.15, 0.2) is 0 Å². The summed E-state index contributed by atoms with van der Waals surface area (Å²) in [5.74, 6) is 0. The van der Waals surface area contributed by atoms with Gasteiger partial charge >= 0.3 is 0 Å². The lowest BCUT2D eigenvalue weighted by molar-refractivity contribution is -0.427. The zero-order chi connectivity index (χ0) is 18.2. The molecule has 8 heteroatoms. The van der Waals surface area contributed by atoms with Crippen LogP contribution in [0.1, 0.15) is 5.56 Å². The fourth-order valence-corrected chi connectivity index (χ4v) is 1.95. The SMILES string of the molecule is O=[N+]([O-])/C(C=Nc1ccc(Cl)cc1)=C\C(=C/c1ccccc1)[N+](=O)[O-]. The number of rotatable bonds is 6. The van der Waals surface area contributed by atoms with Gasteiger partial charge in [-0.15, -0.1) is 0 Å². The van der Waals surface area contributed by atoms with Gasteiger partial charge in [0.25, 0.3) is 11.4 Å². The Morgan fingerprint density at radius 3 is 2.08 bits per heavy atom. The van der Waals surface area contributed by atoms with Crippen molar-refractivity contribution in [3.63, 3.8) is 0 Å². The fourth-order valence-electron chi connectivity index (χ4n) is 1.82. The van der Waals surface area contributed by atoms with Gasteiger partial charge in [-0.05, 0) is 29.8 Å². The molecular weight excluding hydrogens is 346 g/mol. The third-order valence-electron chi connectivity index (χ3n) is 3.00. The van der Waals surface area contributed by atoms with Crippen LogP contribution < -0.4 is 0 Å². The molecule has 0 spiro atoms. The summed E-state index contributed by atoms with van der Waals surface area (Å²) in [5, 5.41) is 22.9. The van der Waals surface area contributed by atoms with Crippen LogP contribution in [0.4, 0.5) is 5.69 Å². The van der Waals surface area contributed by atoms with Crippen LogP contribution in [0.25, 0.3) is 6.08 Å². The first-order valence-corrected chi connectivity index (χ1v) is 7.40. The van der Waals surface area contributed by atoms with Crippen LogP contribution >= 0.6 is 11.6 Å². The molecule has 2 aromatic carbocycles. The van der Waals surface area contributed by atoms with Gasteiger partial charge in [0, 0.05) is 11.1 Å². The van der Waals surface area contributed by atoms with Crippen LogP contribution in [0.3, 0.4) is 0 Å². The minimum atomic E-state index is -0.734. The molecule has 0 aliphatic rings. The van der Waals surface area contributed by atoms with Crippen molar-refractivity contribution in [2.75, 3.05) is 0 Å². The third-order valence-corrected chi connectivity index (χ3v) is 3.26. The van der Waals surface area contributed by atoms with Crippen molar-refractivity contribution >= 4 is 29.6 Å². The molecule has 0 saturated carbocycles. The predicted octanol–water partition coefficient (Wildman–Crippen LogP) is 4.52. The molecule has 2 rings (SSSR count). The molecule has 25 heavy (non-hydrogen) atoms. The van der Waals surface area contributed by atoms with E-state index < -0.39 is 21.2 Å². The van der Waals surface area contributed by atoms with E-state index in [4.69, 9.17) is 11.6 Å². The summed E-state index contributed by atoms with van der Waals surface area (Å²) in [5.41, 5.74) is 0.0731. The second-order valence-electron chi connectivity index (χ2n) is 4.80. The van der Waals surface area contributed by atoms with Crippen molar-refractivity contribution in [2.45, 2.75) is 0 Å². The number of benzene rings is 2. The first-order valence-electron chi connectivity index (χ1n) is 7.02. The highest BCUT2D eigenvalue weighted by atomic mass is 35.5. The maximum Gasteiger partial charge on any atom is 0.294 e. The molecule has 0 unspecified atom stereocenters. The number of nitrogens with zero attached hydrogens (tertiary/aromatic N) is 3. The Labute approximate surface area is 147 Å². The molecule has 0 aromatic heterocycles. The topological polar surface area (TPSA) is 98.6 Å². The number of hydrogen-bond donors (Lipinski definition) is 0. The number of allylic oxidation sites excluding steroid dienone is 2. The quantitative estimate of drug-likeness (QED) is 0.328. The van der Waals surface area contributed by atoms with E-state index >= 15 is 0 Å². The highest BCUT2D eigenvalue weighted by molar-refractivity contribution is 6.30. The van der Waals surface area contributed by atoms with E-state index in [2.05, 4.69) is 4.99 Å². The molecule has 0 radical (unpaired) electrons. The number of halogens is 1. The summed E-state index contributed by atoms with van der Waals surface area (Å²) in [7, 11) is 0. The number of aliphatic imine (C=N–C) groups is 1. The molecule has 7 nitrogen and oxygen atoms in total. The Kier molecular flexibility index (Phi) is 6.14. The minimum absolute atomic E-state index is 0.416. The minimum Gasteiger partial charge on any atom is -0.258 e. The van der Waals surface area contributed by atoms with Crippen molar-refractivity contribution < 1.29 is 9.85 Å². The lowest BCUT2D eigenvalue weighted by atomic mass is 10.2. The Morgan fingerprint density at radius 1 is 0.920 bits per heavy atom. The predicted molar refractivity (Wildman–Crippen MR) is 96.1 cm³/mol. The van der Waals surface area contributed by atoms with Crippen LogP contribution in [0.15, 0.2) is 77.1 Å². The van der Waals surface area contributed by atoms with E-state index in [-0.39, 0.29) is 0 Å². The van der Waals surface area contributed by atoms with E-state index in [1.807, 2.05) is 0 Å². The van der Waals surface area contributed by atoms with Crippen LogP contribution in [-0.4, -0.2) is 16.1 Å². The lowest BCUT2D eigenvalue weighted by Gasteiger charge is -1.96. The van der Waals surface area contributed by atoms with Gasteiger partial charge < -0.3 is 0 Å². The highest BCUT2D eigenvalue weighted by Gasteiger charge is 2.16. The van der Waals surface area contributed by atoms with E-state index in [1.54, 1.807) is 54.6 Å². The summed E-state index contributed by atoms with van der Waals surface area (Å²) in [6.07, 6.45) is 3.08. The van der Waals surface area contributed by atoms with Crippen molar-refractivity contribution in [3.8, 4) is 0 Å². The summed E-state index contributed by atoms with van der Waals surface area (Å²) in [6, 6.07) is 14.8. The van der Waals surface area contributed by atoms with Crippen molar-refractivity contribution in [3.05, 3.63) is 103 Å². The van der Waals surface area contributed by atoms with Gasteiger partial charge in [0.2, 0.25) is 0 Å². The Balaban J connectivity index is 2.35. The fraction of sp³-hybridized carbons (Fsp3) is 0. The standard InChI is InChI=1S/C17H12ClN3O4/c18-14-6-8-15(9-7-14)19-12-17(21(24)25)11-16(20(22)23)10-13-4-2-1-3-5-13/h1-12H/b16-10+,17-11-,19-12?. The lowest BCUT2D eigenvalue weighted by Crippen LogP contribution is -2.04. The molecule has 0 amide bonds. The molecule has 0 aliphatic heterocycles. The van der Waals surface area contributed by atoms with Crippen molar-refractivity contribution in [2.24, 2.45) is 4.99 Å². The van der Waals surface area contributed by atoms with Crippen molar-refractivity contribution in [1.29, 1.82) is 0 Å². The Hall–Kier alpha value is -3.32. The van der Waals surface area contributed by atoms with Gasteiger partial charge in [0.1, 0.15) is 6.21 Å². The van der Waals surface area contributed by atoms with Crippen LogP contribution in [0.2, 0.25) is 5.02 Å². The molecule has 0 N–H and O–H groups in total. The van der Waals surface area contributed by atoms with E-state index in [9.17, 15) is 20.2 Å². The molecule has 0 heterocycles. The van der Waals surface area contributed by atoms with Gasteiger partial charge in [0.05, 0.1) is 21.6 Å². The first-order chi connectivity index (χ1) is 12.0. The first kappa shape index (κ1) is 18.0. The van der Waals surface area contributed by atoms with Gasteiger partial charge in [-0.2, -0.15) is 0 Å². The summed E-state index contributed by atoms with van der Waals surface area (Å²) >= 11 is 5.75. The molecule has 0 bridgehead atoms. The summed E-state index contributed by atoms with van der Waals surface area (Å²) in [4.78, 5) is 24.9. The highest BCUT2D eigenvalue weighted by Crippen LogP contribution is 2.17. The molecule has 0 atom stereocenters. The maximum absolute atomic E-state index is 11.2. The number of hydrogen-bond acceptors (Lipinski definition) is 5.